The second-order valence-corrected chi connectivity index (χ2v) is 12.4. The normalized spacial score (nSPS) is 22.9. The van der Waals surface area contributed by atoms with Gasteiger partial charge < -0.3 is 16.0 Å². The highest BCUT2D eigenvalue weighted by Crippen LogP contribution is 2.34. The number of unbranched alkanes of at least 4 members (excludes halogenated alkanes) is 1. The molecule has 0 unspecified atom stereocenters. The topological polar surface area (TPSA) is 74.5 Å². The summed E-state index contributed by atoms with van der Waals surface area (Å²) in [7, 11) is 0. The molecule has 6 nitrogen and oxygen atoms in total. The molecule has 2 aromatic rings. The number of benzene rings is 1. The number of pyridine rings is 1. The van der Waals surface area contributed by atoms with Crippen molar-refractivity contribution >= 4 is 5.78 Å². The van der Waals surface area contributed by atoms with Crippen molar-refractivity contribution in [1.29, 1.82) is 0 Å². The highest BCUT2D eigenvalue weighted by atomic mass is 16.1. The average Bonchev–Trinajstić information content (AvgIpc) is 3.55. The van der Waals surface area contributed by atoms with Gasteiger partial charge in [0.1, 0.15) is 5.78 Å². The van der Waals surface area contributed by atoms with Gasteiger partial charge in [-0.25, -0.2) is 0 Å². The summed E-state index contributed by atoms with van der Waals surface area (Å²) in [5.41, 5.74) is 9.92. The third-order valence-electron chi connectivity index (χ3n) is 9.62. The van der Waals surface area contributed by atoms with Gasteiger partial charge in [0, 0.05) is 50.8 Å². The van der Waals surface area contributed by atoms with Crippen molar-refractivity contribution < 1.29 is 4.79 Å². The van der Waals surface area contributed by atoms with Crippen LogP contribution in [0.1, 0.15) is 93.0 Å². The highest BCUT2D eigenvalue weighted by Gasteiger charge is 2.31. The van der Waals surface area contributed by atoms with Crippen molar-refractivity contribution in [2.75, 3.05) is 45.8 Å². The fraction of sp³-hybridized carbons (Fsp3) is 0.647. The van der Waals surface area contributed by atoms with Crippen LogP contribution in [0.4, 0.5) is 0 Å². The maximum Gasteiger partial charge on any atom is 0.136 e. The first-order valence-corrected chi connectivity index (χ1v) is 16.1. The van der Waals surface area contributed by atoms with E-state index < -0.39 is 0 Å². The number of rotatable bonds is 14. The Balaban J connectivity index is 1.20. The molecule has 1 saturated carbocycles. The van der Waals surface area contributed by atoms with Crippen molar-refractivity contribution in [3.63, 3.8) is 0 Å². The number of nitrogens with one attached hydrogen (secondary N) is 1. The van der Waals surface area contributed by atoms with Crippen molar-refractivity contribution in [2.24, 2.45) is 11.7 Å². The Morgan fingerprint density at radius 1 is 1.07 bits per heavy atom. The fourth-order valence-electron chi connectivity index (χ4n) is 7.38. The smallest absolute Gasteiger partial charge is 0.136 e. The van der Waals surface area contributed by atoms with Crippen LogP contribution in [0.25, 0.3) is 0 Å². The van der Waals surface area contributed by atoms with E-state index >= 15 is 0 Å². The minimum absolute atomic E-state index is 0.305. The molecule has 0 bridgehead atoms. The number of carbonyl (C=O) groups excluding carboxylic acids is 1. The van der Waals surface area contributed by atoms with E-state index in [-0.39, 0.29) is 0 Å². The number of piperazine rings is 1. The number of Topliss-reactive ketones (excluding diaryl/α,β-unsaturated/α-hetero) is 1. The molecule has 218 valence electrons. The van der Waals surface area contributed by atoms with Crippen molar-refractivity contribution in [3.05, 3.63) is 65.5 Å². The monoisotopic (exact) mass is 545 g/mol. The molecule has 1 aromatic carbocycles. The summed E-state index contributed by atoms with van der Waals surface area (Å²) in [6, 6.07) is 16.0. The second-order valence-electron chi connectivity index (χ2n) is 12.4. The molecule has 3 atom stereocenters. The molecule has 1 aromatic heterocycles. The van der Waals surface area contributed by atoms with E-state index in [0.717, 1.165) is 84.3 Å². The molecule has 2 heterocycles. The SMILES string of the molecule is NCCCCN(C[C@@H]1CN(CC[C@H](CC(=O)C2CCCC2)c2ccccc2)CCN1)[C@H]1CCCc2cccnc21. The molecule has 3 aliphatic rings. The van der Waals surface area contributed by atoms with Crippen LogP contribution in [0.3, 0.4) is 0 Å². The van der Waals surface area contributed by atoms with Gasteiger partial charge in [0.05, 0.1) is 11.7 Å². The Morgan fingerprint density at radius 2 is 1.93 bits per heavy atom. The number of ketones is 1. The van der Waals surface area contributed by atoms with Gasteiger partial charge in [0.15, 0.2) is 0 Å². The molecular formula is C34H51N5O. The standard InChI is InChI=1S/C34H51N5O/c35-18-6-7-21-39(32-16-8-14-29-15-9-19-37-34(29)32)26-31-25-38(23-20-36-31)22-17-30(27-10-2-1-3-11-27)24-33(40)28-12-4-5-13-28/h1-3,9-11,15,19,28,30-32,36H,4-8,12-14,16-18,20-26,35H2/t30-,31+,32+/m1/s1. The number of nitrogens with two attached hydrogens (primary N) is 1. The molecule has 6 heteroatoms. The molecule has 2 fully saturated rings. The van der Waals surface area contributed by atoms with E-state index in [9.17, 15) is 4.79 Å². The van der Waals surface area contributed by atoms with Gasteiger partial charge in [-0.15, -0.1) is 0 Å². The molecule has 5 rings (SSSR count). The highest BCUT2D eigenvalue weighted by molar-refractivity contribution is 5.82. The Kier molecular flexibility index (Phi) is 11.2. The van der Waals surface area contributed by atoms with Crippen molar-refractivity contribution in [3.8, 4) is 0 Å². The van der Waals surface area contributed by atoms with E-state index in [1.54, 1.807) is 0 Å². The van der Waals surface area contributed by atoms with E-state index in [4.69, 9.17) is 10.7 Å². The molecule has 0 spiro atoms. The lowest BCUT2D eigenvalue weighted by Crippen LogP contribution is -2.55. The van der Waals surface area contributed by atoms with Gasteiger partial charge in [-0.3, -0.25) is 14.7 Å². The van der Waals surface area contributed by atoms with Crippen LogP contribution >= 0.6 is 0 Å². The minimum atomic E-state index is 0.305. The van der Waals surface area contributed by atoms with Crippen LogP contribution in [-0.4, -0.2) is 72.4 Å². The number of hydrogen-bond donors (Lipinski definition) is 2. The van der Waals surface area contributed by atoms with Gasteiger partial charge in [0.25, 0.3) is 0 Å². The number of aromatic nitrogens is 1. The Hall–Kier alpha value is -2.12. The molecule has 1 aliphatic heterocycles. The lowest BCUT2D eigenvalue weighted by Gasteiger charge is -2.40. The van der Waals surface area contributed by atoms with Gasteiger partial charge in [0.2, 0.25) is 0 Å². The maximum atomic E-state index is 13.2. The summed E-state index contributed by atoms with van der Waals surface area (Å²) in [5.74, 6) is 1.12. The fourth-order valence-corrected chi connectivity index (χ4v) is 7.38. The Morgan fingerprint density at radius 3 is 2.75 bits per heavy atom. The molecule has 0 amide bonds. The first-order valence-electron chi connectivity index (χ1n) is 16.1. The molecule has 2 aliphatic carbocycles. The quantitative estimate of drug-likeness (QED) is 0.322. The zero-order valence-corrected chi connectivity index (χ0v) is 24.5. The molecule has 1 saturated heterocycles. The zero-order chi connectivity index (χ0) is 27.6. The summed E-state index contributed by atoms with van der Waals surface area (Å²) < 4.78 is 0. The van der Waals surface area contributed by atoms with E-state index in [1.807, 2.05) is 6.20 Å². The van der Waals surface area contributed by atoms with Crippen LogP contribution in [0.2, 0.25) is 0 Å². The van der Waals surface area contributed by atoms with Crippen molar-refractivity contribution in [1.82, 2.24) is 20.1 Å². The van der Waals surface area contributed by atoms with Gasteiger partial charge in [-0.2, -0.15) is 0 Å². The summed E-state index contributed by atoms with van der Waals surface area (Å²) in [4.78, 5) is 23.4. The second kappa shape index (κ2) is 15.2. The third kappa shape index (κ3) is 8.00. The van der Waals surface area contributed by atoms with Gasteiger partial charge in [-0.1, -0.05) is 49.2 Å². The van der Waals surface area contributed by atoms with Gasteiger partial charge >= 0.3 is 0 Å². The predicted molar refractivity (Wildman–Crippen MR) is 163 cm³/mol. The number of aryl methyl sites for hydroxylation is 1. The number of nitrogens with zero attached hydrogens (tertiary/aromatic N) is 3. The Labute approximate surface area is 242 Å². The minimum Gasteiger partial charge on any atom is -0.330 e. The lowest BCUT2D eigenvalue weighted by atomic mass is 9.86. The van der Waals surface area contributed by atoms with E-state index in [2.05, 4.69) is 57.6 Å². The number of carbonyl (C=O) groups is 1. The van der Waals surface area contributed by atoms with Crippen LogP contribution in [0.15, 0.2) is 48.7 Å². The summed E-state index contributed by atoms with van der Waals surface area (Å²) >= 11 is 0. The number of hydrogen-bond acceptors (Lipinski definition) is 6. The summed E-state index contributed by atoms with van der Waals surface area (Å²) in [6.45, 7) is 7.10. The van der Waals surface area contributed by atoms with Crippen LogP contribution in [-0.2, 0) is 11.2 Å². The van der Waals surface area contributed by atoms with Crippen molar-refractivity contribution in [2.45, 2.75) is 88.6 Å². The molecule has 3 N–H and O–H groups in total. The van der Waals surface area contributed by atoms with Crippen LogP contribution in [0, 0.1) is 5.92 Å². The zero-order valence-electron chi connectivity index (χ0n) is 24.5. The average molecular weight is 546 g/mol. The third-order valence-corrected chi connectivity index (χ3v) is 9.62. The van der Waals surface area contributed by atoms with Gasteiger partial charge in [-0.05, 0) is 94.1 Å². The van der Waals surface area contributed by atoms with Crippen LogP contribution < -0.4 is 11.1 Å². The van der Waals surface area contributed by atoms with Crippen LogP contribution in [0.5, 0.6) is 0 Å². The van der Waals surface area contributed by atoms with E-state index in [0.29, 0.717) is 36.1 Å². The first-order chi connectivity index (χ1) is 19.7. The largest absolute Gasteiger partial charge is 0.330 e. The van der Waals surface area contributed by atoms with E-state index in [1.165, 1.54) is 42.5 Å². The molecular weight excluding hydrogens is 494 g/mol. The molecule has 0 radical (unpaired) electrons. The molecule has 40 heavy (non-hydrogen) atoms. The lowest BCUT2D eigenvalue weighted by molar-refractivity contribution is -0.123. The number of fused-ring (bicyclic) bond motifs is 1. The summed E-state index contributed by atoms with van der Waals surface area (Å²) in [6.07, 6.45) is 14.2. The Bertz CT molecular complexity index is 1040. The maximum absolute atomic E-state index is 13.2. The summed E-state index contributed by atoms with van der Waals surface area (Å²) in [5, 5.41) is 3.84. The first kappa shape index (κ1) is 29.4. The predicted octanol–water partition coefficient (Wildman–Crippen LogP) is 5.10.